The SMILES string of the molecule is C[n+]1cc(-c2ccc3c(c2)CC[C@H]([C@](C)(O/N=C(\C(=O)N[C@@H]2C(=O)N(OS(=O)(=O)[O-])C2(C)C)c2csc(NC(=O)OC(C)(C)C)n2)C(=O)OC(C)(C)C)O3)cn1CCCNC(=O)OC(C)(C)C. The maximum Gasteiger partial charge on any atom is 0.413 e. The Balaban J connectivity index is 1.41. The third-order valence-corrected chi connectivity index (χ3v) is 11.1. The zero-order chi connectivity index (χ0) is 50.1. The summed E-state index contributed by atoms with van der Waals surface area (Å²) >= 11 is 0.898. The molecule has 24 heteroatoms. The third-order valence-electron chi connectivity index (χ3n) is 10.0. The lowest BCUT2D eigenvalue weighted by atomic mass is 9.84. The molecule has 1 fully saturated rings. The lowest BCUT2D eigenvalue weighted by Crippen LogP contribution is -2.76. The van der Waals surface area contributed by atoms with Crippen molar-refractivity contribution in [1.82, 2.24) is 25.4 Å². The number of esters is 1. The number of ether oxygens (including phenoxy) is 4. The molecule has 22 nitrogen and oxygen atoms in total. The number of carbonyl (C=O) groups excluding carboxylic acids is 5. The van der Waals surface area contributed by atoms with E-state index in [0.29, 0.717) is 36.7 Å². The van der Waals surface area contributed by atoms with Gasteiger partial charge in [0.25, 0.3) is 17.4 Å². The topological polar surface area (TPSA) is 271 Å². The molecule has 0 unspecified atom stereocenters. The Hall–Kier alpha value is -5.85. The molecule has 1 saturated heterocycles. The van der Waals surface area contributed by atoms with Crippen LogP contribution >= 0.6 is 11.3 Å². The molecule has 0 bridgehead atoms. The third kappa shape index (κ3) is 13.6. The molecular formula is C43H60N8O14S2. The zero-order valence-electron chi connectivity index (χ0n) is 39.9. The molecule has 2 aromatic heterocycles. The molecule has 0 saturated carbocycles. The van der Waals surface area contributed by atoms with Crippen molar-refractivity contribution in [2.75, 3.05) is 11.9 Å². The van der Waals surface area contributed by atoms with Crippen molar-refractivity contribution in [3.8, 4) is 16.9 Å². The van der Waals surface area contributed by atoms with Crippen molar-refractivity contribution in [3.05, 3.63) is 47.2 Å². The van der Waals surface area contributed by atoms with Gasteiger partial charge in [-0.15, -0.1) is 16.0 Å². The molecule has 368 valence electrons. The van der Waals surface area contributed by atoms with Gasteiger partial charge in [-0.2, -0.15) is 14.0 Å². The highest BCUT2D eigenvalue weighted by molar-refractivity contribution is 7.80. The number of aryl methyl sites for hydroxylation is 3. The number of amides is 4. The quantitative estimate of drug-likeness (QED) is 0.0219. The lowest BCUT2D eigenvalue weighted by molar-refractivity contribution is -0.753. The molecule has 3 atom stereocenters. The average Bonchev–Trinajstić information content (AvgIpc) is 3.80. The monoisotopic (exact) mass is 976 g/mol. The van der Waals surface area contributed by atoms with Gasteiger partial charge < -0.3 is 39.0 Å². The number of anilines is 1. The van der Waals surface area contributed by atoms with E-state index in [1.165, 1.54) is 26.2 Å². The predicted octanol–water partition coefficient (Wildman–Crippen LogP) is 4.41. The molecule has 3 N–H and O–H groups in total. The van der Waals surface area contributed by atoms with E-state index in [1.54, 1.807) is 68.4 Å². The normalized spacial score (nSPS) is 18.3. The van der Waals surface area contributed by atoms with Crippen LogP contribution in [0.25, 0.3) is 11.1 Å². The van der Waals surface area contributed by atoms with Gasteiger partial charge in [-0.25, -0.2) is 27.8 Å². The Labute approximate surface area is 393 Å². The van der Waals surface area contributed by atoms with Crippen molar-refractivity contribution in [2.45, 2.75) is 149 Å². The molecular weight excluding hydrogens is 917 g/mol. The van der Waals surface area contributed by atoms with E-state index >= 15 is 0 Å². The average molecular weight is 977 g/mol. The predicted molar refractivity (Wildman–Crippen MR) is 240 cm³/mol. The lowest BCUT2D eigenvalue weighted by Gasteiger charge is -2.51. The number of alkyl carbamates (subject to hydrolysis) is 1. The van der Waals surface area contributed by atoms with Gasteiger partial charge in [-0.1, -0.05) is 11.2 Å². The Bertz CT molecular complexity index is 2520. The summed E-state index contributed by atoms with van der Waals surface area (Å²) in [7, 11) is -3.43. The number of carbonyl (C=O) groups is 5. The second-order valence-corrected chi connectivity index (χ2v) is 21.5. The molecule has 1 aromatic carbocycles. The summed E-state index contributed by atoms with van der Waals surface area (Å²) in [6.45, 7) is 20.6. The number of aromatic nitrogens is 3. The van der Waals surface area contributed by atoms with Crippen LogP contribution in [0, 0.1) is 0 Å². The molecule has 5 rings (SSSR count). The first-order chi connectivity index (χ1) is 30.7. The standard InChI is InChI=1S/C43H60N8O14S2/c1-39(2,3)61-35(54)43(12,30-18-16-26-21-25(15-17-29(26)60-30)27-22-49(13)50(23-27)20-14-19-44-37(55)62-40(4,5)6)64-48-31(28-24-66-36(45-28)47-38(56)63-41(7,8)9)33(52)46-32-34(53)51(42(32,10)11)65-67(57,58)59/h15,17,21-24,30,32H,14,16,18-20H2,1-13H3,(H3-,44,45,46,47,52,55,56,57,58,59)/b48-31-/t30-,32-,43+/m1/s1. The molecule has 67 heavy (non-hydrogen) atoms. The van der Waals surface area contributed by atoms with E-state index < -0.39 is 86.2 Å². The molecule has 4 heterocycles. The Morgan fingerprint density at radius 2 is 1.63 bits per heavy atom. The Morgan fingerprint density at radius 1 is 0.985 bits per heavy atom. The van der Waals surface area contributed by atoms with E-state index in [9.17, 15) is 36.9 Å². The number of benzene rings is 1. The number of nitrogens with one attached hydrogen (secondary N) is 3. The number of β-lactam (4-membered cyclic amide) rings is 1. The Kier molecular flexibility index (Phi) is 15.1. The minimum atomic E-state index is -5.34. The van der Waals surface area contributed by atoms with Gasteiger partial charge in [0.05, 0.1) is 23.8 Å². The first-order valence-electron chi connectivity index (χ1n) is 21.3. The van der Waals surface area contributed by atoms with E-state index in [2.05, 4.69) is 30.4 Å². The number of fused-ring (bicyclic) bond motifs is 1. The first kappa shape index (κ1) is 52.1. The van der Waals surface area contributed by atoms with Crippen LogP contribution in [0.1, 0.15) is 107 Å². The van der Waals surface area contributed by atoms with Crippen LogP contribution in [-0.2, 0) is 68.1 Å². The molecule has 0 aliphatic carbocycles. The molecule has 0 radical (unpaired) electrons. The molecule has 4 amide bonds. The summed E-state index contributed by atoms with van der Waals surface area (Å²) in [5.74, 6) is -2.54. The smallest absolute Gasteiger partial charge is 0.413 e. The van der Waals surface area contributed by atoms with Gasteiger partial charge in [0.1, 0.15) is 34.3 Å². The van der Waals surface area contributed by atoms with Crippen LogP contribution < -0.4 is 25.4 Å². The molecule has 2 aliphatic heterocycles. The minimum Gasteiger partial charge on any atom is -0.724 e. The van der Waals surface area contributed by atoms with Crippen molar-refractivity contribution < 1.29 is 69.7 Å². The molecule has 0 spiro atoms. The molecule has 3 aromatic rings. The van der Waals surface area contributed by atoms with E-state index in [0.717, 1.165) is 28.0 Å². The highest BCUT2D eigenvalue weighted by Gasteiger charge is 2.58. The summed E-state index contributed by atoms with van der Waals surface area (Å²) < 4.78 is 65.2. The number of thiazole rings is 1. The summed E-state index contributed by atoms with van der Waals surface area (Å²) in [5, 5.41) is 13.6. The largest absolute Gasteiger partial charge is 0.724 e. The van der Waals surface area contributed by atoms with E-state index in [4.69, 9.17) is 23.8 Å². The number of nitrogens with zero attached hydrogens (tertiary/aromatic N) is 5. The maximum absolute atomic E-state index is 14.2. The van der Waals surface area contributed by atoms with E-state index in [-0.39, 0.29) is 17.2 Å². The summed E-state index contributed by atoms with van der Waals surface area (Å²) in [5.41, 5.74) is -4.04. The number of rotatable bonds is 15. The van der Waals surface area contributed by atoms with Crippen LogP contribution in [-0.4, -0.2) is 110 Å². The maximum atomic E-state index is 14.2. The highest BCUT2D eigenvalue weighted by Crippen LogP contribution is 2.38. The van der Waals surface area contributed by atoms with Crippen LogP contribution in [0.4, 0.5) is 14.7 Å². The second kappa shape index (κ2) is 19.4. The van der Waals surface area contributed by atoms with Crippen molar-refractivity contribution in [2.24, 2.45) is 12.2 Å². The second-order valence-electron chi connectivity index (χ2n) is 19.7. The minimum absolute atomic E-state index is 0.00978. The van der Waals surface area contributed by atoms with Crippen molar-refractivity contribution >= 4 is 62.5 Å². The number of oxime groups is 1. The summed E-state index contributed by atoms with van der Waals surface area (Å²) in [6, 6.07) is 4.23. The van der Waals surface area contributed by atoms with Crippen LogP contribution in [0.2, 0.25) is 0 Å². The number of hydrogen-bond acceptors (Lipinski definition) is 17. The van der Waals surface area contributed by atoms with Crippen LogP contribution in [0.15, 0.2) is 41.1 Å². The zero-order valence-corrected chi connectivity index (χ0v) is 41.6. The van der Waals surface area contributed by atoms with Gasteiger partial charge >= 0.3 is 18.2 Å². The summed E-state index contributed by atoms with van der Waals surface area (Å²) in [4.78, 5) is 76.3. The fraction of sp³-hybridized carbons (Fsp3) is 0.581. The van der Waals surface area contributed by atoms with Crippen molar-refractivity contribution in [3.63, 3.8) is 0 Å². The van der Waals surface area contributed by atoms with Gasteiger partial charge in [0.15, 0.2) is 24.0 Å². The number of hydrogen-bond donors (Lipinski definition) is 3. The van der Waals surface area contributed by atoms with Crippen LogP contribution in [0.5, 0.6) is 5.75 Å². The molecule has 2 aliphatic rings. The van der Waals surface area contributed by atoms with Crippen molar-refractivity contribution in [1.29, 1.82) is 0 Å². The van der Waals surface area contributed by atoms with E-state index in [1.807, 2.05) is 40.9 Å². The van der Waals surface area contributed by atoms with Gasteiger partial charge in [0.2, 0.25) is 16.6 Å². The fourth-order valence-electron chi connectivity index (χ4n) is 6.83. The van der Waals surface area contributed by atoms with Gasteiger partial charge in [0, 0.05) is 11.9 Å². The number of hydroxylamine groups is 2. The summed E-state index contributed by atoms with van der Waals surface area (Å²) in [6.07, 6.45) is 2.96. The van der Waals surface area contributed by atoms with Gasteiger partial charge in [-0.3, -0.25) is 14.9 Å². The fourth-order valence-corrected chi connectivity index (χ4v) is 7.96. The van der Waals surface area contributed by atoms with Gasteiger partial charge in [-0.05, 0) is 126 Å². The highest BCUT2D eigenvalue weighted by atomic mass is 32.3. The Morgan fingerprint density at radius 3 is 2.24 bits per heavy atom. The first-order valence-corrected chi connectivity index (χ1v) is 23.5. The van der Waals surface area contributed by atoms with Crippen LogP contribution in [0.3, 0.4) is 0 Å².